The molecule has 1 fully saturated rings. The van der Waals surface area contributed by atoms with Gasteiger partial charge in [0.15, 0.2) is 0 Å². The molecule has 0 bridgehead atoms. The third-order valence-electron chi connectivity index (χ3n) is 2.92. The molecule has 5 nitrogen and oxygen atoms in total. The third kappa shape index (κ3) is 3.92. The van der Waals surface area contributed by atoms with Crippen molar-refractivity contribution in [1.82, 2.24) is 10.6 Å². The first-order valence-electron chi connectivity index (χ1n) is 6.22. The largest absolute Gasteiger partial charge is 0.399 e. The number of amides is 2. The Labute approximate surface area is 107 Å². The van der Waals surface area contributed by atoms with E-state index >= 15 is 0 Å². The average molecular weight is 249 g/mol. The Kier molecular flexibility index (Phi) is 4.41. The molecule has 0 spiro atoms. The molecule has 1 saturated heterocycles. The highest BCUT2D eigenvalue weighted by Crippen LogP contribution is 2.10. The maximum Gasteiger partial charge on any atom is 0.315 e. The fourth-order valence-corrected chi connectivity index (χ4v) is 1.96. The van der Waals surface area contributed by atoms with Crippen molar-refractivity contribution in [2.75, 3.05) is 18.9 Å². The molecule has 0 aliphatic carbocycles. The zero-order valence-electron chi connectivity index (χ0n) is 10.3. The van der Waals surface area contributed by atoms with Gasteiger partial charge in [0.1, 0.15) is 0 Å². The van der Waals surface area contributed by atoms with Crippen LogP contribution in [0.2, 0.25) is 0 Å². The highest BCUT2D eigenvalue weighted by molar-refractivity contribution is 5.73. The number of ether oxygens (including phenoxy) is 1. The molecule has 0 aromatic heterocycles. The van der Waals surface area contributed by atoms with Gasteiger partial charge in [-0.2, -0.15) is 0 Å². The Morgan fingerprint density at radius 2 is 2.33 bits per heavy atom. The second-order valence-electron chi connectivity index (χ2n) is 4.44. The molecule has 0 radical (unpaired) electrons. The summed E-state index contributed by atoms with van der Waals surface area (Å²) >= 11 is 0. The van der Waals surface area contributed by atoms with Crippen molar-refractivity contribution in [3.63, 3.8) is 0 Å². The van der Waals surface area contributed by atoms with E-state index in [0.29, 0.717) is 18.8 Å². The number of anilines is 1. The number of benzene rings is 1. The number of nitrogen functional groups attached to an aromatic ring is 1. The summed E-state index contributed by atoms with van der Waals surface area (Å²) in [6.45, 7) is 1.85. The molecule has 1 aliphatic rings. The predicted molar refractivity (Wildman–Crippen MR) is 70.1 cm³/mol. The molecule has 1 aliphatic heterocycles. The van der Waals surface area contributed by atoms with Crippen LogP contribution in [0.3, 0.4) is 0 Å². The predicted octanol–water partition coefficient (Wildman–Crippen LogP) is 1.25. The summed E-state index contributed by atoms with van der Waals surface area (Å²) < 4.78 is 5.42. The number of carbonyl (C=O) groups excluding carboxylic acids is 1. The quantitative estimate of drug-likeness (QED) is 0.703. The van der Waals surface area contributed by atoms with Crippen LogP contribution in [0.5, 0.6) is 0 Å². The van der Waals surface area contributed by atoms with Crippen LogP contribution < -0.4 is 16.4 Å². The molecule has 2 amide bonds. The Morgan fingerprint density at radius 3 is 3.06 bits per heavy atom. The average Bonchev–Trinajstić information content (AvgIpc) is 2.87. The van der Waals surface area contributed by atoms with Crippen molar-refractivity contribution in [2.24, 2.45) is 0 Å². The summed E-state index contributed by atoms with van der Waals surface area (Å²) in [6, 6.07) is 7.29. The second kappa shape index (κ2) is 6.26. The summed E-state index contributed by atoms with van der Waals surface area (Å²) in [5.41, 5.74) is 7.35. The van der Waals surface area contributed by atoms with Gasteiger partial charge in [-0.25, -0.2) is 4.79 Å². The first kappa shape index (κ1) is 12.7. The normalized spacial score (nSPS) is 18.6. The minimum absolute atomic E-state index is 0.170. The molecule has 4 N–H and O–H groups in total. The summed E-state index contributed by atoms with van der Waals surface area (Å²) in [4.78, 5) is 11.5. The SMILES string of the molecule is Nc1cccc(CNC(=O)NC[C@@H]2CCCO2)c1. The van der Waals surface area contributed by atoms with Gasteiger partial charge >= 0.3 is 6.03 Å². The number of rotatable bonds is 4. The van der Waals surface area contributed by atoms with Crippen molar-refractivity contribution in [3.05, 3.63) is 29.8 Å². The standard InChI is InChI=1S/C13H19N3O2/c14-11-4-1-3-10(7-11)8-15-13(17)16-9-12-5-2-6-18-12/h1,3-4,7,12H,2,5-6,8-9,14H2,(H2,15,16,17)/t12-/m0/s1. The van der Waals surface area contributed by atoms with Crippen molar-refractivity contribution in [3.8, 4) is 0 Å². The number of hydrogen-bond donors (Lipinski definition) is 3. The van der Waals surface area contributed by atoms with Crippen LogP contribution in [0.15, 0.2) is 24.3 Å². The van der Waals surface area contributed by atoms with E-state index in [1.807, 2.05) is 24.3 Å². The molecule has 2 rings (SSSR count). The summed E-state index contributed by atoms with van der Waals surface area (Å²) in [6.07, 6.45) is 2.27. The van der Waals surface area contributed by atoms with Gasteiger partial charge in [-0.3, -0.25) is 0 Å². The Morgan fingerprint density at radius 1 is 1.44 bits per heavy atom. The molecule has 1 aromatic carbocycles. The van der Waals surface area contributed by atoms with Crippen LogP contribution in [0.1, 0.15) is 18.4 Å². The number of nitrogens with two attached hydrogens (primary N) is 1. The van der Waals surface area contributed by atoms with E-state index in [0.717, 1.165) is 25.0 Å². The summed E-state index contributed by atoms with van der Waals surface area (Å²) in [5.74, 6) is 0. The smallest absolute Gasteiger partial charge is 0.315 e. The van der Waals surface area contributed by atoms with E-state index in [1.54, 1.807) is 0 Å². The third-order valence-corrected chi connectivity index (χ3v) is 2.92. The zero-order chi connectivity index (χ0) is 12.8. The minimum Gasteiger partial charge on any atom is -0.399 e. The topological polar surface area (TPSA) is 76.4 Å². The molecular formula is C13H19N3O2. The van der Waals surface area contributed by atoms with Crippen LogP contribution >= 0.6 is 0 Å². The van der Waals surface area contributed by atoms with Crippen molar-refractivity contribution < 1.29 is 9.53 Å². The van der Waals surface area contributed by atoms with Gasteiger partial charge in [-0.05, 0) is 30.5 Å². The van der Waals surface area contributed by atoms with E-state index in [1.165, 1.54) is 0 Å². The van der Waals surface area contributed by atoms with Crippen LogP contribution in [0.25, 0.3) is 0 Å². The Balaban J connectivity index is 1.68. The van der Waals surface area contributed by atoms with Gasteiger partial charge < -0.3 is 21.1 Å². The Bertz CT molecular complexity index is 403. The van der Waals surface area contributed by atoms with E-state index in [-0.39, 0.29) is 12.1 Å². The van der Waals surface area contributed by atoms with Gasteiger partial charge in [0.25, 0.3) is 0 Å². The van der Waals surface area contributed by atoms with Crippen LogP contribution in [0.4, 0.5) is 10.5 Å². The van der Waals surface area contributed by atoms with Gasteiger partial charge in [0.05, 0.1) is 6.10 Å². The lowest BCUT2D eigenvalue weighted by Gasteiger charge is -2.11. The van der Waals surface area contributed by atoms with E-state index < -0.39 is 0 Å². The highest BCUT2D eigenvalue weighted by atomic mass is 16.5. The van der Waals surface area contributed by atoms with Gasteiger partial charge in [-0.1, -0.05) is 12.1 Å². The summed E-state index contributed by atoms with van der Waals surface area (Å²) in [7, 11) is 0. The zero-order valence-corrected chi connectivity index (χ0v) is 10.3. The molecule has 0 unspecified atom stereocenters. The fourth-order valence-electron chi connectivity index (χ4n) is 1.96. The number of hydrogen-bond acceptors (Lipinski definition) is 3. The number of nitrogens with one attached hydrogen (secondary N) is 2. The van der Waals surface area contributed by atoms with Gasteiger partial charge in [0.2, 0.25) is 0 Å². The lowest BCUT2D eigenvalue weighted by Crippen LogP contribution is -2.39. The molecule has 1 aromatic rings. The van der Waals surface area contributed by atoms with Crippen LogP contribution in [0, 0.1) is 0 Å². The van der Waals surface area contributed by atoms with E-state index in [2.05, 4.69) is 10.6 Å². The number of urea groups is 1. The molecule has 98 valence electrons. The fraction of sp³-hybridized carbons (Fsp3) is 0.462. The monoisotopic (exact) mass is 249 g/mol. The van der Waals surface area contributed by atoms with Crippen molar-refractivity contribution in [2.45, 2.75) is 25.5 Å². The molecule has 0 saturated carbocycles. The highest BCUT2D eigenvalue weighted by Gasteiger charge is 2.15. The van der Waals surface area contributed by atoms with Gasteiger partial charge in [-0.15, -0.1) is 0 Å². The lowest BCUT2D eigenvalue weighted by atomic mass is 10.2. The minimum atomic E-state index is -0.173. The molecule has 1 atom stereocenters. The lowest BCUT2D eigenvalue weighted by molar-refractivity contribution is 0.111. The van der Waals surface area contributed by atoms with Crippen molar-refractivity contribution in [1.29, 1.82) is 0 Å². The summed E-state index contributed by atoms with van der Waals surface area (Å²) in [5, 5.41) is 5.59. The first-order valence-corrected chi connectivity index (χ1v) is 6.22. The second-order valence-corrected chi connectivity index (χ2v) is 4.44. The molecular weight excluding hydrogens is 230 g/mol. The molecule has 18 heavy (non-hydrogen) atoms. The maximum atomic E-state index is 11.5. The first-order chi connectivity index (χ1) is 8.74. The molecule has 1 heterocycles. The Hall–Kier alpha value is -1.75. The van der Waals surface area contributed by atoms with E-state index in [4.69, 9.17) is 10.5 Å². The van der Waals surface area contributed by atoms with Crippen LogP contribution in [-0.4, -0.2) is 25.3 Å². The van der Waals surface area contributed by atoms with E-state index in [9.17, 15) is 4.79 Å². The molecule has 5 heteroatoms. The van der Waals surface area contributed by atoms with Crippen molar-refractivity contribution >= 4 is 11.7 Å². The number of carbonyl (C=O) groups is 1. The maximum absolute atomic E-state index is 11.5. The van der Waals surface area contributed by atoms with Crippen LogP contribution in [-0.2, 0) is 11.3 Å². The van der Waals surface area contributed by atoms with Gasteiger partial charge in [0, 0.05) is 25.4 Å².